The van der Waals surface area contributed by atoms with Crippen molar-refractivity contribution in [2.75, 3.05) is 6.26 Å². The molecular weight excluding hydrogens is 293 g/mol. The van der Waals surface area contributed by atoms with Crippen molar-refractivity contribution in [3.05, 3.63) is 46.7 Å². The number of hydrogen-bond donors (Lipinski definition) is 0. The van der Waals surface area contributed by atoms with Crippen LogP contribution in [0, 0.1) is 0 Å². The van der Waals surface area contributed by atoms with Gasteiger partial charge in [0, 0.05) is 18.0 Å². The zero-order chi connectivity index (χ0) is 13.3. The van der Waals surface area contributed by atoms with E-state index < -0.39 is 9.84 Å². The molecule has 0 fully saturated rings. The molecule has 0 saturated carbocycles. The average molecular weight is 302 g/mol. The molecule has 0 aliphatic carbocycles. The number of pyridine rings is 1. The van der Waals surface area contributed by atoms with E-state index in [4.69, 9.17) is 23.2 Å². The highest BCUT2D eigenvalue weighted by Crippen LogP contribution is 2.29. The lowest BCUT2D eigenvalue weighted by molar-refractivity contribution is 0.602. The highest BCUT2D eigenvalue weighted by atomic mass is 35.5. The molecule has 0 amide bonds. The van der Waals surface area contributed by atoms with Gasteiger partial charge in [0.1, 0.15) is 5.15 Å². The van der Waals surface area contributed by atoms with Gasteiger partial charge >= 0.3 is 0 Å². The molecule has 0 aliphatic rings. The van der Waals surface area contributed by atoms with Gasteiger partial charge in [-0.2, -0.15) is 0 Å². The van der Waals surface area contributed by atoms with Gasteiger partial charge in [0.15, 0.2) is 9.84 Å². The first-order chi connectivity index (χ1) is 8.38. The number of nitrogens with zero attached hydrogens (tertiary/aromatic N) is 1. The lowest BCUT2D eigenvalue weighted by atomic mass is 10.1. The van der Waals surface area contributed by atoms with Crippen LogP contribution >= 0.6 is 23.2 Å². The molecule has 3 nitrogen and oxygen atoms in total. The van der Waals surface area contributed by atoms with Gasteiger partial charge in [0.25, 0.3) is 0 Å². The smallest absolute Gasteiger partial charge is 0.175 e. The van der Waals surface area contributed by atoms with Crippen LogP contribution in [0.2, 0.25) is 10.2 Å². The van der Waals surface area contributed by atoms with E-state index in [1.54, 1.807) is 24.3 Å². The Morgan fingerprint density at radius 3 is 2.56 bits per heavy atom. The Kier molecular flexibility index (Phi) is 3.61. The van der Waals surface area contributed by atoms with Crippen molar-refractivity contribution in [1.82, 2.24) is 4.98 Å². The first kappa shape index (κ1) is 13.3. The minimum atomic E-state index is -3.25. The fourth-order valence-corrected chi connectivity index (χ4v) is 2.56. The first-order valence-electron chi connectivity index (χ1n) is 4.99. The summed E-state index contributed by atoms with van der Waals surface area (Å²) < 4.78 is 23.0. The molecule has 2 rings (SSSR count). The van der Waals surface area contributed by atoms with E-state index >= 15 is 0 Å². The van der Waals surface area contributed by atoms with Crippen LogP contribution in [0.25, 0.3) is 11.1 Å². The second-order valence-electron chi connectivity index (χ2n) is 3.79. The second-order valence-corrected chi connectivity index (χ2v) is 6.60. The molecule has 0 aliphatic heterocycles. The number of sulfone groups is 1. The van der Waals surface area contributed by atoms with Crippen LogP contribution in [-0.2, 0) is 9.84 Å². The van der Waals surface area contributed by atoms with Crippen LogP contribution < -0.4 is 0 Å². The number of hydrogen-bond acceptors (Lipinski definition) is 3. The molecule has 0 saturated heterocycles. The van der Waals surface area contributed by atoms with Gasteiger partial charge < -0.3 is 0 Å². The zero-order valence-electron chi connectivity index (χ0n) is 9.39. The molecule has 0 unspecified atom stereocenters. The lowest BCUT2D eigenvalue weighted by Gasteiger charge is -2.06. The molecule has 1 aromatic heterocycles. The summed E-state index contributed by atoms with van der Waals surface area (Å²) in [7, 11) is -3.25. The number of halogens is 2. The number of rotatable bonds is 2. The molecule has 0 bridgehead atoms. The van der Waals surface area contributed by atoms with E-state index in [0.717, 1.165) is 6.26 Å². The van der Waals surface area contributed by atoms with Crippen LogP contribution in [0.5, 0.6) is 0 Å². The third-order valence-electron chi connectivity index (χ3n) is 2.38. The third-order valence-corrected chi connectivity index (χ3v) is 4.00. The highest BCUT2D eigenvalue weighted by molar-refractivity contribution is 7.90. The van der Waals surface area contributed by atoms with Gasteiger partial charge in [-0.3, -0.25) is 0 Å². The maximum atomic E-state index is 11.5. The monoisotopic (exact) mass is 301 g/mol. The Morgan fingerprint density at radius 1 is 1.17 bits per heavy atom. The highest BCUT2D eigenvalue weighted by Gasteiger charge is 2.11. The number of benzene rings is 1. The van der Waals surface area contributed by atoms with Gasteiger partial charge in [-0.25, -0.2) is 13.4 Å². The van der Waals surface area contributed by atoms with Gasteiger partial charge in [-0.05, 0) is 23.8 Å². The van der Waals surface area contributed by atoms with Gasteiger partial charge in [-0.15, -0.1) is 0 Å². The standard InChI is InChI=1S/C12H9Cl2NO2S/c1-18(16,17)10-4-2-3-8(5-10)11-6-9(13)7-15-12(11)14/h2-7H,1H3. The zero-order valence-corrected chi connectivity index (χ0v) is 11.7. The number of aromatic nitrogens is 1. The molecule has 0 atom stereocenters. The summed E-state index contributed by atoms with van der Waals surface area (Å²) in [6.07, 6.45) is 2.59. The molecule has 0 N–H and O–H groups in total. The SMILES string of the molecule is CS(=O)(=O)c1cccc(-c2cc(Cl)cnc2Cl)c1. The summed E-state index contributed by atoms with van der Waals surface area (Å²) in [5, 5.41) is 0.726. The molecule has 0 radical (unpaired) electrons. The van der Waals surface area contributed by atoms with Gasteiger partial charge in [-0.1, -0.05) is 35.3 Å². The van der Waals surface area contributed by atoms with Gasteiger partial charge in [0.05, 0.1) is 9.92 Å². The van der Waals surface area contributed by atoms with Crippen LogP contribution in [0.4, 0.5) is 0 Å². The predicted molar refractivity (Wildman–Crippen MR) is 72.8 cm³/mol. The van der Waals surface area contributed by atoms with Crippen LogP contribution in [0.15, 0.2) is 41.4 Å². The van der Waals surface area contributed by atoms with E-state index in [-0.39, 0.29) is 10.0 Å². The van der Waals surface area contributed by atoms with E-state index in [2.05, 4.69) is 4.98 Å². The normalized spacial score (nSPS) is 11.5. The fraction of sp³-hybridized carbons (Fsp3) is 0.0833. The molecular formula is C12H9Cl2NO2S. The van der Waals surface area contributed by atoms with E-state index in [9.17, 15) is 8.42 Å². The summed E-state index contributed by atoms with van der Waals surface area (Å²) >= 11 is 11.8. The minimum Gasteiger partial charge on any atom is -0.242 e. The molecule has 1 aromatic carbocycles. The van der Waals surface area contributed by atoms with Crippen LogP contribution in [-0.4, -0.2) is 19.7 Å². The van der Waals surface area contributed by atoms with Crippen molar-refractivity contribution in [2.45, 2.75) is 4.90 Å². The maximum absolute atomic E-state index is 11.5. The summed E-state index contributed by atoms with van der Waals surface area (Å²) in [4.78, 5) is 4.16. The first-order valence-corrected chi connectivity index (χ1v) is 7.64. The summed E-state index contributed by atoms with van der Waals surface area (Å²) in [6, 6.07) is 8.15. The maximum Gasteiger partial charge on any atom is 0.175 e. The lowest BCUT2D eigenvalue weighted by Crippen LogP contribution is -1.97. The topological polar surface area (TPSA) is 47.0 Å². The molecule has 18 heavy (non-hydrogen) atoms. The van der Waals surface area contributed by atoms with Crippen LogP contribution in [0.1, 0.15) is 0 Å². The third kappa shape index (κ3) is 2.83. The molecule has 1 heterocycles. The summed E-state index contributed by atoms with van der Waals surface area (Å²) in [5.74, 6) is 0. The van der Waals surface area contributed by atoms with Crippen molar-refractivity contribution >= 4 is 33.0 Å². The van der Waals surface area contributed by atoms with Crippen molar-refractivity contribution in [2.24, 2.45) is 0 Å². The molecule has 6 heteroatoms. The fourth-order valence-electron chi connectivity index (χ4n) is 1.52. The van der Waals surface area contributed by atoms with E-state index in [0.29, 0.717) is 16.1 Å². The minimum absolute atomic E-state index is 0.232. The Hall–Kier alpha value is -1.10. The molecule has 0 spiro atoms. The van der Waals surface area contributed by atoms with Gasteiger partial charge in [0.2, 0.25) is 0 Å². The van der Waals surface area contributed by atoms with E-state index in [1.165, 1.54) is 12.3 Å². The van der Waals surface area contributed by atoms with Crippen molar-refractivity contribution in [1.29, 1.82) is 0 Å². The van der Waals surface area contributed by atoms with Crippen molar-refractivity contribution < 1.29 is 8.42 Å². The Bertz CT molecular complexity index is 699. The quantitative estimate of drug-likeness (QED) is 0.798. The summed E-state index contributed by atoms with van der Waals surface area (Å²) in [6.45, 7) is 0. The van der Waals surface area contributed by atoms with Crippen LogP contribution in [0.3, 0.4) is 0 Å². The summed E-state index contributed by atoms with van der Waals surface area (Å²) in [5.41, 5.74) is 1.27. The molecule has 94 valence electrons. The largest absolute Gasteiger partial charge is 0.242 e. The van der Waals surface area contributed by atoms with Crippen molar-refractivity contribution in [3.8, 4) is 11.1 Å². The Balaban J connectivity index is 2.62. The van der Waals surface area contributed by atoms with Crippen molar-refractivity contribution in [3.63, 3.8) is 0 Å². The van der Waals surface area contributed by atoms with E-state index in [1.807, 2.05) is 0 Å². The second kappa shape index (κ2) is 4.88. The average Bonchev–Trinajstić information content (AvgIpc) is 2.31. The Morgan fingerprint density at radius 2 is 1.89 bits per heavy atom. The predicted octanol–water partition coefficient (Wildman–Crippen LogP) is 3.46. The Labute approximate surface area is 115 Å². The molecule has 2 aromatic rings.